The number of rotatable bonds is 4. The van der Waals surface area contributed by atoms with E-state index in [1.807, 2.05) is 6.92 Å². The van der Waals surface area contributed by atoms with Gasteiger partial charge in [0, 0.05) is 23.4 Å². The zero-order valence-electron chi connectivity index (χ0n) is 9.16. The van der Waals surface area contributed by atoms with Crippen molar-refractivity contribution < 1.29 is 9.90 Å². The molecule has 0 rings (SSSR count). The summed E-state index contributed by atoms with van der Waals surface area (Å²) in [7, 11) is 0. The van der Waals surface area contributed by atoms with Crippen molar-refractivity contribution in [3.8, 4) is 0 Å². The minimum Gasteiger partial charge on any atom is -0.478 e. The van der Waals surface area contributed by atoms with E-state index in [0.717, 1.165) is 18.2 Å². The van der Waals surface area contributed by atoms with Crippen molar-refractivity contribution in [1.82, 2.24) is 5.43 Å². The first-order chi connectivity index (χ1) is 6.38. The van der Waals surface area contributed by atoms with E-state index in [2.05, 4.69) is 31.3 Å². The quantitative estimate of drug-likeness (QED) is 0.412. The summed E-state index contributed by atoms with van der Waals surface area (Å²) in [6.07, 6.45) is 3.17. The smallest absolute Gasteiger partial charge is 0.329 e. The topological polar surface area (TPSA) is 61.7 Å². The molecule has 0 atom stereocenters. The molecule has 0 heterocycles. The van der Waals surface area contributed by atoms with Crippen LogP contribution in [0.25, 0.3) is 0 Å². The summed E-state index contributed by atoms with van der Waals surface area (Å²) in [5.74, 6) is -0.985. The lowest BCUT2D eigenvalue weighted by atomic mass is 9.88. The van der Waals surface area contributed by atoms with Gasteiger partial charge < -0.3 is 5.11 Å². The van der Waals surface area contributed by atoms with Crippen LogP contribution in [-0.4, -0.2) is 16.8 Å². The summed E-state index contributed by atoms with van der Waals surface area (Å²) >= 11 is 0. The predicted molar refractivity (Wildman–Crippen MR) is 57.1 cm³/mol. The normalized spacial score (nSPS) is 13.3. The fraction of sp³-hybridized carbons (Fsp3) is 0.600. The van der Waals surface area contributed by atoms with Crippen molar-refractivity contribution >= 4 is 11.7 Å². The molecule has 80 valence electrons. The minimum absolute atomic E-state index is 0.0127. The summed E-state index contributed by atoms with van der Waals surface area (Å²) in [6, 6.07) is 0. The monoisotopic (exact) mass is 198 g/mol. The summed E-state index contributed by atoms with van der Waals surface area (Å²) < 4.78 is 0. The molecule has 0 saturated carbocycles. The molecular weight excluding hydrogens is 180 g/mol. The van der Waals surface area contributed by atoms with Gasteiger partial charge in [0.2, 0.25) is 0 Å². The average Bonchev–Trinajstić information content (AvgIpc) is 2.01. The summed E-state index contributed by atoms with van der Waals surface area (Å²) in [5, 5.41) is 12.4. The van der Waals surface area contributed by atoms with Gasteiger partial charge in [-0.05, 0) is 6.42 Å². The Hall–Kier alpha value is -1.32. The third-order valence-electron chi connectivity index (χ3n) is 1.70. The molecule has 0 fully saturated rings. The minimum atomic E-state index is -0.985. The van der Waals surface area contributed by atoms with E-state index < -0.39 is 5.97 Å². The van der Waals surface area contributed by atoms with Crippen LogP contribution in [0.4, 0.5) is 0 Å². The second kappa shape index (κ2) is 5.42. The SMILES string of the molecule is CCC(=NN/C=C/C(=O)O)C(C)(C)C. The summed E-state index contributed by atoms with van der Waals surface area (Å²) in [4.78, 5) is 10.1. The van der Waals surface area contributed by atoms with Gasteiger partial charge >= 0.3 is 5.97 Å². The Morgan fingerprint density at radius 2 is 2.07 bits per heavy atom. The van der Waals surface area contributed by atoms with Crippen LogP contribution >= 0.6 is 0 Å². The van der Waals surface area contributed by atoms with Crippen molar-refractivity contribution in [2.24, 2.45) is 10.5 Å². The number of carboxylic acid groups (broad SMARTS) is 1. The third kappa shape index (κ3) is 5.35. The number of carboxylic acids is 1. The van der Waals surface area contributed by atoms with Crippen LogP contribution in [0.2, 0.25) is 0 Å². The highest BCUT2D eigenvalue weighted by Crippen LogP contribution is 2.17. The molecule has 4 nitrogen and oxygen atoms in total. The largest absolute Gasteiger partial charge is 0.478 e. The third-order valence-corrected chi connectivity index (χ3v) is 1.70. The molecule has 2 N–H and O–H groups in total. The first-order valence-corrected chi connectivity index (χ1v) is 4.60. The van der Waals surface area contributed by atoms with E-state index in [1.54, 1.807) is 0 Å². The van der Waals surface area contributed by atoms with E-state index in [0.29, 0.717) is 0 Å². The number of hydrogen-bond acceptors (Lipinski definition) is 3. The van der Waals surface area contributed by atoms with Crippen molar-refractivity contribution in [3.63, 3.8) is 0 Å². The maximum absolute atomic E-state index is 10.1. The highest BCUT2D eigenvalue weighted by Gasteiger charge is 2.16. The zero-order valence-corrected chi connectivity index (χ0v) is 9.16. The number of aliphatic carboxylic acids is 1. The Labute approximate surface area is 84.7 Å². The maximum Gasteiger partial charge on any atom is 0.329 e. The van der Waals surface area contributed by atoms with E-state index in [9.17, 15) is 4.79 Å². The van der Waals surface area contributed by atoms with Gasteiger partial charge in [0.05, 0.1) is 0 Å². The fourth-order valence-corrected chi connectivity index (χ4v) is 1.00. The lowest BCUT2D eigenvalue weighted by molar-refractivity contribution is -0.131. The van der Waals surface area contributed by atoms with Gasteiger partial charge in [0.1, 0.15) is 0 Å². The zero-order chi connectivity index (χ0) is 11.2. The van der Waals surface area contributed by atoms with E-state index in [4.69, 9.17) is 5.11 Å². The molecule has 0 saturated heterocycles. The van der Waals surface area contributed by atoms with E-state index in [-0.39, 0.29) is 5.41 Å². The highest BCUT2D eigenvalue weighted by molar-refractivity contribution is 5.88. The average molecular weight is 198 g/mol. The molecule has 0 aromatic carbocycles. The second-order valence-electron chi connectivity index (χ2n) is 3.96. The van der Waals surface area contributed by atoms with Crippen LogP contribution < -0.4 is 5.43 Å². The number of hydrazone groups is 1. The molecule has 0 radical (unpaired) electrons. The Morgan fingerprint density at radius 3 is 2.43 bits per heavy atom. The molecule has 0 aliphatic carbocycles. The fourth-order valence-electron chi connectivity index (χ4n) is 1.00. The van der Waals surface area contributed by atoms with Crippen molar-refractivity contribution in [1.29, 1.82) is 0 Å². The number of hydrogen-bond donors (Lipinski definition) is 2. The summed E-state index contributed by atoms with van der Waals surface area (Å²) in [6.45, 7) is 8.22. The lowest BCUT2D eigenvalue weighted by Crippen LogP contribution is -2.21. The molecule has 0 aromatic rings. The van der Waals surface area contributed by atoms with Crippen molar-refractivity contribution in [2.75, 3.05) is 0 Å². The van der Waals surface area contributed by atoms with Crippen LogP contribution in [0.1, 0.15) is 34.1 Å². The molecule has 0 bridgehead atoms. The van der Waals surface area contributed by atoms with Gasteiger partial charge in [-0.1, -0.05) is 27.7 Å². The van der Waals surface area contributed by atoms with Crippen LogP contribution in [0.15, 0.2) is 17.4 Å². The Balaban J connectivity index is 4.27. The molecule has 0 aliphatic rings. The molecule has 0 amide bonds. The van der Waals surface area contributed by atoms with Crippen LogP contribution in [0, 0.1) is 5.41 Å². The molecular formula is C10H18N2O2. The van der Waals surface area contributed by atoms with Gasteiger partial charge in [0.25, 0.3) is 0 Å². The number of nitrogens with zero attached hydrogens (tertiary/aromatic N) is 1. The summed E-state index contributed by atoms with van der Waals surface area (Å²) in [5.41, 5.74) is 3.62. The molecule has 0 aromatic heterocycles. The standard InChI is InChI=1S/C10H18N2O2/c1-5-8(10(2,3)4)12-11-7-6-9(13)14/h6-7,11H,5H2,1-4H3,(H,13,14)/b7-6+,12-8?. The van der Waals surface area contributed by atoms with Gasteiger partial charge in [-0.2, -0.15) is 5.10 Å². The second-order valence-corrected chi connectivity index (χ2v) is 3.96. The van der Waals surface area contributed by atoms with Crippen molar-refractivity contribution in [2.45, 2.75) is 34.1 Å². The first-order valence-electron chi connectivity index (χ1n) is 4.60. The Morgan fingerprint density at radius 1 is 1.50 bits per heavy atom. The molecule has 14 heavy (non-hydrogen) atoms. The van der Waals surface area contributed by atoms with Crippen LogP contribution in [0.3, 0.4) is 0 Å². The maximum atomic E-state index is 10.1. The molecule has 4 heteroatoms. The van der Waals surface area contributed by atoms with E-state index in [1.165, 1.54) is 6.20 Å². The predicted octanol–water partition coefficient (Wildman–Crippen LogP) is 1.99. The molecule has 0 aliphatic heterocycles. The van der Waals surface area contributed by atoms with E-state index >= 15 is 0 Å². The first kappa shape index (κ1) is 12.7. The Kier molecular flexibility index (Phi) is 4.91. The van der Waals surface area contributed by atoms with Crippen LogP contribution in [-0.2, 0) is 4.79 Å². The number of carbonyl (C=O) groups is 1. The Bertz CT molecular complexity index is 249. The highest BCUT2D eigenvalue weighted by atomic mass is 16.4. The van der Waals surface area contributed by atoms with Gasteiger partial charge in [-0.15, -0.1) is 0 Å². The van der Waals surface area contributed by atoms with Gasteiger partial charge in [-0.25, -0.2) is 4.79 Å². The molecule has 0 unspecified atom stereocenters. The van der Waals surface area contributed by atoms with Crippen LogP contribution in [0.5, 0.6) is 0 Å². The molecule has 0 spiro atoms. The lowest BCUT2D eigenvalue weighted by Gasteiger charge is -2.19. The van der Waals surface area contributed by atoms with Gasteiger partial charge in [-0.3, -0.25) is 5.43 Å². The van der Waals surface area contributed by atoms with Crippen molar-refractivity contribution in [3.05, 3.63) is 12.3 Å². The number of nitrogens with one attached hydrogen (secondary N) is 1. The van der Waals surface area contributed by atoms with Gasteiger partial charge in [0.15, 0.2) is 0 Å².